The standard InChI is InChI=1S/C8H9NO6/c1-14-4-5(10)8(13)15-9-6(11)2-3-7(9)12/h2-4H2,1H3. The summed E-state index contributed by atoms with van der Waals surface area (Å²) >= 11 is 0. The second-order valence-electron chi connectivity index (χ2n) is 2.82. The maximum Gasteiger partial charge on any atom is 0.401 e. The summed E-state index contributed by atoms with van der Waals surface area (Å²) in [5.74, 6) is -3.48. The summed E-state index contributed by atoms with van der Waals surface area (Å²) < 4.78 is 4.40. The number of hydroxylamine groups is 2. The Bertz CT molecular complexity index is 307. The van der Waals surface area contributed by atoms with Gasteiger partial charge in [0.2, 0.25) is 0 Å². The Morgan fingerprint density at radius 3 is 2.27 bits per heavy atom. The number of imide groups is 1. The van der Waals surface area contributed by atoms with Gasteiger partial charge in [-0.2, -0.15) is 0 Å². The van der Waals surface area contributed by atoms with Crippen molar-refractivity contribution in [3.05, 3.63) is 0 Å². The van der Waals surface area contributed by atoms with E-state index in [0.717, 1.165) is 0 Å². The van der Waals surface area contributed by atoms with Gasteiger partial charge in [0.1, 0.15) is 6.61 Å². The molecule has 0 unspecified atom stereocenters. The number of carbonyl (C=O) groups excluding carboxylic acids is 4. The fraction of sp³-hybridized carbons (Fsp3) is 0.500. The van der Waals surface area contributed by atoms with E-state index in [-0.39, 0.29) is 12.8 Å². The summed E-state index contributed by atoms with van der Waals surface area (Å²) in [5, 5.41) is 0.315. The summed E-state index contributed by atoms with van der Waals surface area (Å²) in [6, 6.07) is 0. The second kappa shape index (κ2) is 4.65. The maximum absolute atomic E-state index is 11.0. The first-order valence-electron chi connectivity index (χ1n) is 4.16. The van der Waals surface area contributed by atoms with Crippen molar-refractivity contribution in [1.29, 1.82) is 0 Å². The molecule has 0 saturated carbocycles. The van der Waals surface area contributed by atoms with Crippen molar-refractivity contribution >= 4 is 23.6 Å². The monoisotopic (exact) mass is 215 g/mol. The van der Waals surface area contributed by atoms with E-state index in [9.17, 15) is 19.2 Å². The first-order chi connectivity index (χ1) is 7.06. The molecule has 0 atom stereocenters. The number of nitrogens with zero attached hydrogens (tertiary/aromatic N) is 1. The van der Waals surface area contributed by atoms with Crippen molar-refractivity contribution < 1.29 is 28.8 Å². The number of ketones is 1. The zero-order valence-corrected chi connectivity index (χ0v) is 8.02. The van der Waals surface area contributed by atoms with Crippen molar-refractivity contribution in [2.24, 2.45) is 0 Å². The lowest BCUT2D eigenvalue weighted by molar-refractivity contribution is -0.198. The first kappa shape index (κ1) is 11.3. The largest absolute Gasteiger partial charge is 0.401 e. The van der Waals surface area contributed by atoms with Crippen LogP contribution in [0.2, 0.25) is 0 Å². The highest BCUT2D eigenvalue weighted by molar-refractivity contribution is 6.34. The van der Waals surface area contributed by atoms with Crippen LogP contribution in [-0.2, 0) is 28.8 Å². The molecular weight excluding hydrogens is 206 g/mol. The van der Waals surface area contributed by atoms with Gasteiger partial charge < -0.3 is 9.57 Å². The lowest BCUT2D eigenvalue weighted by Gasteiger charge is -2.11. The van der Waals surface area contributed by atoms with E-state index in [1.165, 1.54) is 7.11 Å². The lowest BCUT2D eigenvalue weighted by Crippen LogP contribution is -2.35. The van der Waals surface area contributed by atoms with Crippen LogP contribution in [0.5, 0.6) is 0 Å². The minimum Gasteiger partial charge on any atom is -0.376 e. The molecule has 1 aliphatic heterocycles. The molecule has 7 heteroatoms. The topological polar surface area (TPSA) is 90.0 Å². The zero-order chi connectivity index (χ0) is 11.4. The van der Waals surface area contributed by atoms with Crippen molar-refractivity contribution in [1.82, 2.24) is 5.06 Å². The molecule has 15 heavy (non-hydrogen) atoms. The van der Waals surface area contributed by atoms with Crippen LogP contribution in [0.15, 0.2) is 0 Å². The van der Waals surface area contributed by atoms with Crippen LogP contribution in [-0.4, -0.2) is 42.3 Å². The molecule has 1 fully saturated rings. The molecule has 0 spiro atoms. The normalized spacial score (nSPS) is 15.7. The molecule has 0 bridgehead atoms. The Labute approximate surface area is 84.9 Å². The molecule has 1 aliphatic rings. The Hall–Kier alpha value is -1.76. The second-order valence-corrected chi connectivity index (χ2v) is 2.82. The average Bonchev–Trinajstić information content (AvgIpc) is 2.49. The third-order valence-corrected chi connectivity index (χ3v) is 1.68. The number of Topliss-reactive ketones (excluding diaryl/α,β-unsaturated/α-hetero) is 1. The van der Waals surface area contributed by atoms with Crippen LogP contribution in [0.4, 0.5) is 0 Å². The van der Waals surface area contributed by atoms with Crippen molar-refractivity contribution in [3.8, 4) is 0 Å². The van der Waals surface area contributed by atoms with Crippen LogP contribution >= 0.6 is 0 Å². The van der Waals surface area contributed by atoms with Gasteiger partial charge in [-0.1, -0.05) is 0 Å². The summed E-state index contributed by atoms with van der Waals surface area (Å²) in [6.45, 7) is -0.449. The highest BCUT2D eigenvalue weighted by Gasteiger charge is 2.34. The molecule has 2 amide bonds. The van der Waals surface area contributed by atoms with Gasteiger partial charge in [-0.3, -0.25) is 14.4 Å². The highest BCUT2D eigenvalue weighted by Crippen LogP contribution is 2.11. The van der Waals surface area contributed by atoms with E-state index >= 15 is 0 Å². The number of amides is 2. The Kier molecular flexibility index (Phi) is 3.51. The first-order valence-corrected chi connectivity index (χ1v) is 4.16. The summed E-state index contributed by atoms with van der Waals surface area (Å²) in [7, 11) is 1.23. The quantitative estimate of drug-likeness (QED) is 0.432. The molecule has 0 aromatic heterocycles. The molecule has 0 N–H and O–H groups in total. The summed E-state index contributed by atoms with van der Waals surface area (Å²) in [5.41, 5.74) is 0. The molecule has 82 valence electrons. The Morgan fingerprint density at radius 1 is 1.27 bits per heavy atom. The van der Waals surface area contributed by atoms with Crippen molar-refractivity contribution in [2.45, 2.75) is 12.8 Å². The predicted molar refractivity (Wildman–Crippen MR) is 44.1 cm³/mol. The number of rotatable bonds is 4. The van der Waals surface area contributed by atoms with Gasteiger partial charge in [0.25, 0.3) is 17.6 Å². The number of carbonyl (C=O) groups is 4. The zero-order valence-electron chi connectivity index (χ0n) is 8.02. The number of ether oxygens (including phenoxy) is 1. The van der Waals surface area contributed by atoms with Crippen LogP contribution in [0, 0.1) is 0 Å². The lowest BCUT2D eigenvalue weighted by atomic mass is 10.4. The van der Waals surface area contributed by atoms with Crippen LogP contribution in [0.25, 0.3) is 0 Å². The predicted octanol–water partition coefficient (Wildman–Crippen LogP) is -1.19. The molecule has 0 aliphatic carbocycles. The number of methoxy groups -OCH3 is 1. The van der Waals surface area contributed by atoms with E-state index in [1.807, 2.05) is 0 Å². The fourth-order valence-electron chi connectivity index (χ4n) is 0.982. The van der Waals surface area contributed by atoms with E-state index < -0.39 is 30.2 Å². The molecular formula is C8H9NO6. The van der Waals surface area contributed by atoms with E-state index in [4.69, 9.17) is 0 Å². The van der Waals surface area contributed by atoms with Gasteiger partial charge in [-0.05, 0) is 0 Å². The Morgan fingerprint density at radius 2 is 1.80 bits per heavy atom. The summed E-state index contributed by atoms with van der Waals surface area (Å²) in [6.07, 6.45) is -0.0187. The number of hydrogen-bond donors (Lipinski definition) is 0. The molecule has 1 heterocycles. The maximum atomic E-state index is 11.0. The van der Waals surface area contributed by atoms with Gasteiger partial charge in [0.05, 0.1) is 0 Å². The van der Waals surface area contributed by atoms with Gasteiger partial charge in [-0.15, -0.1) is 5.06 Å². The SMILES string of the molecule is COCC(=O)C(=O)ON1C(=O)CCC1=O. The molecule has 1 rings (SSSR count). The smallest absolute Gasteiger partial charge is 0.376 e. The van der Waals surface area contributed by atoms with E-state index in [2.05, 4.69) is 9.57 Å². The van der Waals surface area contributed by atoms with Gasteiger partial charge in [0.15, 0.2) is 0 Å². The third kappa shape index (κ3) is 2.59. The van der Waals surface area contributed by atoms with Gasteiger partial charge in [0, 0.05) is 20.0 Å². The molecule has 7 nitrogen and oxygen atoms in total. The van der Waals surface area contributed by atoms with E-state index in [1.54, 1.807) is 0 Å². The van der Waals surface area contributed by atoms with Crippen LogP contribution in [0.1, 0.15) is 12.8 Å². The summed E-state index contributed by atoms with van der Waals surface area (Å²) in [4.78, 5) is 48.2. The number of hydrogen-bond acceptors (Lipinski definition) is 6. The fourth-order valence-corrected chi connectivity index (χ4v) is 0.982. The molecule has 1 saturated heterocycles. The van der Waals surface area contributed by atoms with E-state index in [0.29, 0.717) is 5.06 Å². The minimum atomic E-state index is -1.28. The van der Waals surface area contributed by atoms with Gasteiger partial charge >= 0.3 is 5.97 Å². The molecule has 0 aromatic rings. The van der Waals surface area contributed by atoms with Crippen LogP contribution < -0.4 is 0 Å². The van der Waals surface area contributed by atoms with Crippen molar-refractivity contribution in [2.75, 3.05) is 13.7 Å². The minimum absolute atomic E-state index is 0.00934. The molecule has 0 radical (unpaired) electrons. The van der Waals surface area contributed by atoms with Gasteiger partial charge in [-0.25, -0.2) is 4.79 Å². The Balaban J connectivity index is 2.54. The third-order valence-electron chi connectivity index (χ3n) is 1.68. The average molecular weight is 215 g/mol. The molecule has 0 aromatic carbocycles. The van der Waals surface area contributed by atoms with Crippen molar-refractivity contribution in [3.63, 3.8) is 0 Å². The highest BCUT2D eigenvalue weighted by atomic mass is 16.7. The van der Waals surface area contributed by atoms with Crippen LogP contribution in [0.3, 0.4) is 0 Å².